The zero-order chi connectivity index (χ0) is 16.0. The summed E-state index contributed by atoms with van der Waals surface area (Å²) in [6.07, 6.45) is 1.83. The lowest BCUT2D eigenvalue weighted by Crippen LogP contribution is -2.54. The molecule has 0 aromatic carbocycles. The molecule has 9 heteroatoms. The first-order valence-electron chi connectivity index (χ1n) is 7.35. The average molecular weight is 379 g/mol. The summed E-state index contributed by atoms with van der Waals surface area (Å²) in [6, 6.07) is 5.49. The molecule has 2 N–H and O–H groups in total. The van der Waals surface area contributed by atoms with Gasteiger partial charge >= 0.3 is 12.1 Å². The number of hydrogen-bond donors (Lipinski definition) is 2. The van der Waals surface area contributed by atoms with E-state index >= 15 is 0 Å². The molecular formula is C14H15BrN6O2. The standard InChI is InChI=1S/C14H15BrN6O2/c15-9-1-2-10-5-12(18-21(10)7-9)17-14(23)19-3-4-20-11(8-19)6-16-13(20)22/h1-2,5,7,11H,3-4,6,8H2,(H,16,22)(H,17,18,23)/t11-/m0/s1. The van der Waals surface area contributed by atoms with E-state index in [4.69, 9.17) is 0 Å². The first-order chi connectivity index (χ1) is 11.1. The van der Waals surface area contributed by atoms with Crippen molar-refractivity contribution in [1.29, 1.82) is 0 Å². The molecule has 4 rings (SSSR count). The van der Waals surface area contributed by atoms with Crippen LogP contribution in [0.5, 0.6) is 0 Å². The van der Waals surface area contributed by atoms with E-state index in [0.29, 0.717) is 32.0 Å². The van der Waals surface area contributed by atoms with Crippen LogP contribution in [0.3, 0.4) is 0 Å². The Morgan fingerprint density at radius 1 is 1.39 bits per heavy atom. The molecule has 2 aliphatic rings. The number of hydrogen-bond acceptors (Lipinski definition) is 3. The Labute approximate surface area is 140 Å². The molecule has 0 saturated carbocycles. The molecule has 1 atom stereocenters. The molecule has 2 aliphatic heterocycles. The van der Waals surface area contributed by atoms with Crippen molar-refractivity contribution in [3.05, 3.63) is 28.9 Å². The summed E-state index contributed by atoms with van der Waals surface area (Å²) in [5, 5.41) is 9.97. The molecule has 2 aromatic heterocycles. The number of pyridine rings is 1. The molecule has 2 aromatic rings. The Morgan fingerprint density at radius 2 is 2.26 bits per heavy atom. The van der Waals surface area contributed by atoms with Gasteiger partial charge in [-0.15, -0.1) is 5.10 Å². The van der Waals surface area contributed by atoms with Gasteiger partial charge < -0.3 is 15.1 Å². The fourth-order valence-electron chi connectivity index (χ4n) is 3.00. The highest BCUT2D eigenvalue weighted by atomic mass is 79.9. The smallest absolute Gasteiger partial charge is 0.323 e. The Balaban J connectivity index is 1.45. The predicted octanol–water partition coefficient (Wildman–Crippen LogP) is 1.34. The van der Waals surface area contributed by atoms with Crippen LogP contribution >= 0.6 is 15.9 Å². The van der Waals surface area contributed by atoms with Crippen LogP contribution in [-0.4, -0.2) is 63.7 Å². The summed E-state index contributed by atoms with van der Waals surface area (Å²) in [5.74, 6) is 0.510. The van der Waals surface area contributed by atoms with Gasteiger partial charge in [-0.25, -0.2) is 14.1 Å². The molecule has 120 valence electrons. The summed E-state index contributed by atoms with van der Waals surface area (Å²) in [6.45, 7) is 2.20. The van der Waals surface area contributed by atoms with Crippen LogP contribution in [0.15, 0.2) is 28.9 Å². The second-order valence-electron chi connectivity index (χ2n) is 5.66. The zero-order valence-corrected chi connectivity index (χ0v) is 13.8. The third-order valence-electron chi connectivity index (χ3n) is 4.18. The SMILES string of the molecule is O=C(Nc1cc2ccc(Br)cn2n1)N1CCN2C(=O)NC[C@H]2C1. The molecular weight excluding hydrogens is 364 g/mol. The van der Waals surface area contributed by atoms with Gasteiger partial charge in [0.05, 0.1) is 11.6 Å². The predicted molar refractivity (Wildman–Crippen MR) is 87.4 cm³/mol. The zero-order valence-electron chi connectivity index (χ0n) is 12.2. The molecule has 0 bridgehead atoms. The van der Waals surface area contributed by atoms with Gasteiger partial charge in [-0.05, 0) is 28.1 Å². The number of nitrogens with one attached hydrogen (secondary N) is 2. The first kappa shape index (κ1) is 14.3. The Morgan fingerprint density at radius 3 is 3.13 bits per heavy atom. The molecule has 0 spiro atoms. The van der Waals surface area contributed by atoms with Crippen LogP contribution in [0.1, 0.15) is 0 Å². The fraction of sp³-hybridized carbons (Fsp3) is 0.357. The molecule has 0 radical (unpaired) electrons. The number of aromatic nitrogens is 2. The normalized spacial score (nSPS) is 20.6. The second kappa shape index (κ2) is 5.41. The number of carbonyl (C=O) groups is 2. The topological polar surface area (TPSA) is 82.0 Å². The largest absolute Gasteiger partial charge is 0.336 e. The Kier molecular flexibility index (Phi) is 3.37. The number of carbonyl (C=O) groups excluding carboxylic acids is 2. The number of halogens is 1. The van der Waals surface area contributed by atoms with Crippen LogP contribution in [0.25, 0.3) is 5.52 Å². The minimum atomic E-state index is -0.188. The Hall–Kier alpha value is -2.29. The van der Waals surface area contributed by atoms with E-state index in [0.717, 1.165) is 9.99 Å². The van der Waals surface area contributed by atoms with Crippen molar-refractivity contribution in [2.45, 2.75) is 6.04 Å². The molecule has 2 fully saturated rings. The third kappa shape index (κ3) is 2.61. The van der Waals surface area contributed by atoms with Crippen molar-refractivity contribution in [3.8, 4) is 0 Å². The summed E-state index contributed by atoms with van der Waals surface area (Å²) < 4.78 is 2.62. The van der Waals surface area contributed by atoms with E-state index < -0.39 is 0 Å². The van der Waals surface area contributed by atoms with Crippen molar-refractivity contribution in [2.75, 3.05) is 31.5 Å². The molecule has 23 heavy (non-hydrogen) atoms. The highest BCUT2D eigenvalue weighted by Crippen LogP contribution is 2.18. The maximum Gasteiger partial charge on any atom is 0.323 e. The van der Waals surface area contributed by atoms with Crippen LogP contribution < -0.4 is 10.6 Å². The van der Waals surface area contributed by atoms with Gasteiger partial charge in [-0.2, -0.15) is 0 Å². The van der Waals surface area contributed by atoms with E-state index in [2.05, 4.69) is 31.7 Å². The van der Waals surface area contributed by atoms with Crippen LogP contribution in [-0.2, 0) is 0 Å². The van der Waals surface area contributed by atoms with Crippen molar-refractivity contribution >= 4 is 39.3 Å². The lowest BCUT2D eigenvalue weighted by molar-refractivity contribution is 0.136. The summed E-state index contributed by atoms with van der Waals surface area (Å²) >= 11 is 3.39. The van der Waals surface area contributed by atoms with E-state index in [1.165, 1.54) is 0 Å². The van der Waals surface area contributed by atoms with Gasteiger partial charge in [0.15, 0.2) is 5.82 Å². The number of amides is 4. The molecule has 4 heterocycles. The lowest BCUT2D eigenvalue weighted by atomic mass is 10.2. The highest BCUT2D eigenvalue weighted by molar-refractivity contribution is 9.10. The molecule has 4 amide bonds. The van der Waals surface area contributed by atoms with E-state index in [-0.39, 0.29) is 18.1 Å². The molecule has 8 nitrogen and oxygen atoms in total. The van der Waals surface area contributed by atoms with Crippen molar-refractivity contribution < 1.29 is 9.59 Å². The number of rotatable bonds is 1. The van der Waals surface area contributed by atoms with Gasteiger partial charge in [0, 0.05) is 42.9 Å². The van der Waals surface area contributed by atoms with Crippen LogP contribution in [0.4, 0.5) is 15.4 Å². The quantitative estimate of drug-likeness (QED) is 0.785. The average Bonchev–Trinajstić information content (AvgIpc) is 3.10. The third-order valence-corrected chi connectivity index (χ3v) is 4.65. The van der Waals surface area contributed by atoms with Gasteiger partial charge in [-0.1, -0.05) is 0 Å². The van der Waals surface area contributed by atoms with Gasteiger partial charge in [-0.3, -0.25) is 5.32 Å². The highest BCUT2D eigenvalue weighted by Gasteiger charge is 2.36. The molecule has 2 saturated heterocycles. The fourth-order valence-corrected chi connectivity index (χ4v) is 3.33. The summed E-state index contributed by atoms with van der Waals surface area (Å²) in [5.41, 5.74) is 0.902. The second-order valence-corrected chi connectivity index (χ2v) is 6.57. The van der Waals surface area contributed by atoms with Crippen molar-refractivity contribution in [1.82, 2.24) is 24.7 Å². The number of urea groups is 2. The minimum Gasteiger partial charge on any atom is -0.336 e. The maximum absolute atomic E-state index is 12.4. The van der Waals surface area contributed by atoms with Crippen molar-refractivity contribution in [3.63, 3.8) is 0 Å². The maximum atomic E-state index is 12.4. The number of fused-ring (bicyclic) bond motifs is 2. The van der Waals surface area contributed by atoms with Gasteiger partial charge in [0.25, 0.3) is 0 Å². The first-order valence-corrected chi connectivity index (χ1v) is 8.15. The number of piperazine rings is 1. The van der Waals surface area contributed by atoms with Crippen molar-refractivity contribution in [2.24, 2.45) is 0 Å². The number of anilines is 1. The summed E-state index contributed by atoms with van der Waals surface area (Å²) in [4.78, 5) is 27.5. The molecule has 0 unspecified atom stereocenters. The molecule has 0 aliphatic carbocycles. The Bertz CT molecular complexity index is 791. The summed E-state index contributed by atoms with van der Waals surface area (Å²) in [7, 11) is 0. The van der Waals surface area contributed by atoms with Crippen LogP contribution in [0, 0.1) is 0 Å². The van der Waals surface area contributed by atoms with E-state index in [1.54, 1.807) is 14.3 Å². The van der Waals surface area contributed by atoms with Gasteiger partial charge in [0.1, 0.15) is 0 Å². The van der Waals surface area contributed by atoms with Crippen LogP contribution in [0.2, 0.25) is 0 Å². The monoisotopic (exact) mass is 378 g/mol. The number of nitrogens with zero attached hydrogens (tertiary/aromatic N) is 4. The van der Waals surface area contributed by atoms with E-state index in [1.807, 2.05) is 24.4 Å². The van der Waals surface area contributed by atoms with Gasteiger partial charge in [0.2, 0.25) is 0 Å². The lowest BCUT2D eigenvalue weighted by Gasteiger charge is -2.36. The minimum absolute atomic E-state index is 0.0408. The van der Waals surface area contributed by atoms with E-state index in [9.17, 15) is 9.59 Å².